The Bertz CT molecular complexity index is 507. The van der Waals surface area contributed by atoms with Gasteiger partial charge in [0.15, 0.2) is 6.61 Å². The Balaban J connectivity index is 2.56. The topological polar surface area (TPSA) is 117 Å². The van der Waals surface area contributed by atoms with Gasteiger partial charge in [0.05, 0.1) is 12.0 Å². The molecule has 0 fully saturated rings. The van der Waals surface area contributed by atoms with E-state index in [1.807, 2.05) is 6.92 Å². The summed E-state index contributed by atoms with van der Waals surface area (Å²) < 4.78 is 10.2. The number of nitro groups is 1. The maximum absolute atomic E-state index is 11.5. The summed E-state index contributed by atoms with van der Waals surface area (Å²) in [5.41, 5.74) is 5.28. The van der Waals surface area contributed by atoms with Gasteiger partial charge in [0, 0.05) is 18.7 Å². The smallest absolute Gasteiger partial charge is 0.311 e. The Labute approximate surface area is 122 Å². The number of methoxy groups -OCH3 is 1. The third-order valence-electron chi connectivity index (χ3n) is 2.77. The normalized spacial score (nSPS) is 11.6. The molecule has 0 aliphatic carbocycles. The average molecular weight is 297 g/mol. The third kappa shape index (κ3) is 5.27. The number of carbonyl (C=O) groups is 1. The number of rotatable bonds is 8. The van der Waals surface area contributed by atoms with Gasteiger partial charge in [0.25, 0.3) is 5.91 Å². The molecule has 0 radical (unpaired) electrons. The van der Waals surface area contributed by atoms with Gasteiger partial charge in [-0.2, -0.15) is 0 Å². The Morgan fingerprint density at radius 2 is 2.24 bits per heavy atom. The summed E-state index contributed by atoms with van der Waals surface area (Å²) in [7, 11) is 1.33. The molecule has 0 aliphatic rings. The standard InChI is InChI=1S/C13H19N3O5/c1-9(6-14)7-15-13(17)8-21-10-3-4-11(16(18)19)12(5-10)20-2/h3-5,9H,6-8,14H2,1-2H3,(H,15,17). The van der Waals surface area contributed by atoms with Crippen LogP contribution in [0.2, 0.25) is 0 Å². The molecule has 0 heterocycles. The Morgan fingerprint density at radius 1 is 1.52 bits per heavy atom. The minimum Gasteiger partial charge on any atom is -0.490 e. The lowest BCUT2D eigenvalue weighted by molar-refractivity contribution is -0.385. The van der Waals surface area contributed by atoms with E-state index >= 15 is 0 Å². The van der Waals surface area contributed by atoms with E-state index in [0.717, 1.165) is 0 Å². The van der Waals surface area contributed by atoms with Crippen molar-refractivity contribution in [1.29, 1.82) is 0 Å². The zero-order valence-corrected chi connectivity index (χ0v) is 12.0. The van der Waals surface area contributed by atoms with Crippen LogP contribution in [0.1, 0.15) is 6.92 Å². The van der Waals surface area contributed by atoms with E-state index in [1.54, 1.807) is 0 Å². The van der Waals surface area contributed by atoms with Crippen molar-refractivity contribution in [3.63, 3.8) is 0 Å². The van der Waals surface area contributed by atoms with Crippen molar-refractivity contribution in [3.8, 4) is 11.5 Å². The van der Waals surface area contributed by atoms with Gasteiger partial charge < -0.3 is 20.5 Å². The van der Waals surface area contributed by atoms with Gasteiger partial charge in [-0.25, -0.2) is 0 Å². The molecule has 1 aromatic rings. The molecular weight excluding hydrogens is 278 g/mol. The van der Waals surface area contributed by atoms with Crippen LogP contribution in [0, 0.1) is 16.0 Å². The summed E-state index contributed by atoms with van der Waals surface area (Å²) >= 11 is 0. The second-order valence-corrected chi connectivity index (χ2v) is 4.52. The van der Waals surface area contributed by atoms with Crippen LogP contribution in [0.5, 0.6) is 11.5 Å². The Morgan fingerprint density at radius 3 is 2.81 bits per heavy atom. The van der Waals surface area contributed by atoms with Crippen molar-refractivity contribution in [2.75, 3.05) is 26.8 Å². The highest BCUT2D eigenvalue weighted by molar-refractivity contribution is 5.77. The first-order valence-electron chi connectivity index (χ1n) is 6.40. The maximum Gasteiger partial charge on any atom is 0.311 e. The Hall–Kier alpha value is -2.35. The predicted molar refractivity (Wildman–Crippen MR) is 76.4 cm³/mol. The Kier molecular flexibility index (Phi) is 6.41. The molecule has 0 bridgehead atoms. The molecule has 116 valence electrons. The van der Waals surface area contributed by atoms with Gasteiger partial charge in [0.2, 0.25) is 5.75 Å². The van der Waals surface area contributed by atoms with E-state index in [-0.39, 0.29) is 29.9 Å². The van der Waals surface area contributed by atoms with E-state index < -0.39 is 4.92 Å². The van der Waals surface area contributed by atoms with Crippen LogP contribution in [-0.2, 0) is 4.79 Å². The highest BCUT2D eigenvalue weighted by Crippen LogP contribution is 2.30. The van der Waals surface area contributed by atoms with E-state index in [1.165, 1.54) is 25.3 Å². The molecule has 0 saturated heterocycles. The molecule has 1 aromatic carbocycles. The molecule has 8 heteroatoms. The lowest BCUT2D eigenvalue weighted by Crippen LogP contribution is -2.34. The summed E-state index contributed by atoms with van der Waals surface area (Å²) in [4.78, 5) is 21.7. The highest BCUT2D eigenvalue weighted by Gasteiger charge is 2.15. The van der Waals surface area contributed by atoms with Gasteiger partial charge in [0.1, 0.15) is 5.75 Å². The minimum atomic E-state index is -0.552. The second kappa shape index (κ2) is 8.05. The fraction of sp³-hybridized carbons (Fsp3) is 0.462. The molecule has 8 nitrogen and oxygen atoms in total. The molecule has 3 N–H and O–H groups in total. The summed E-state index contributed by atoms with van der Waals surface area (Å²) in [5.74, 6) is 0.301. The third-order valence-corrected chi connectivity index (χ3v) is 2.77. The van der Waals surface area contributed by atoms with Gasteiger partial charge in [-0.15, -0.1) is 0 Å². The van der Waals surface area contributed by atoms with Gasteiger partial charge in [-0.3, -0.25) is 14.9 Å². The number of nitrogens with zero attached hydrogens (tertiary/aromatic N) is 1. The first-order valence-corrected chi connectivity index (χ1v) is 6.40. The molecule has 1 atom stereocenters. The molecule has 0 saturated carbocycles. The maximum atomic E-state index is 11.5. The zero-order valence-electron chi connectivity index (χ0n) is 12.0. The summed E-state index contributed by atoms with van der Waals surface area (Å²) in [6, 6.07) is 4.05. The molecule has 0 aromatic heterocycles. The van der Waals surface area contributed by atoms with Gasteiger partial charge in [-0.1, -0.05) is 6.92 Å². The minimum absolute atomic E-state index is 0.0784. The molecule has 0 aliphatic heterocycles. The van der Waals surface area contributed by atoms with Crippen LogP contribution in [0.4, 0.5) is 5.69 Å². The molecule has 0 spiro atoms. The number of hydrogen-bond donors (Lipinski definition) is 2. The first-order chi connectivity index (χ1) is 9.97. The fourth-order valence-corrected chi connectivity index (χ4v) is 1.47. The van der Waals surface area contributed by atoms with E-state index in [4.69, 9.17) is 15.2 Å². The predicted octanol–water partition coefficient (Wildman–Crippen LogP) is 0.693. The highest BCUT2D eigenvalue weighted by atomic mass is 16.6. The zero-order chi connectivity index (χ0) is 15.8. The van der Waals surface area contributed by atoms with Crippen molar-refractivity contribution in [1.82, 2.24) is 5.32 Å². The van der Waals surface area contributed by atoms with Gasteiger partial charge >= 0.3 is 5.69 Å². The van der Waals surface area contributed by atoms with Crippen LogP contribution in [0.3, 0.4) is 0 Å². The van der Waals surface area contributed by atoms with Crippen molar-refractivity contribution in [2.24, 2.45) is 11.7 Å². The summed E-state index contributed by atoms with van der Waals surface area (Å²) in [5, 5.41) is 13.4. The first kappa shape index (κ1) is 16.7. The number of nitro benzene ring substituents is 1. The average Bonchev–Trinajstić information content (AvgIpc) is 2.49. The van der Waals surface area contributed by atoms with Crippen LogP contribution in [0.15, 0.2) is 18.2 Å². The SMILES string of the molecule is COc1cc(OCC(=O)NCC(C)CN)ccc1[N+](=O)[O-]. The molecule has 1 rings (SSSR count). The van der Waals surface area contributed by atoms with Crippen molar-refractivity contribution >= 4 is 11.6 Å². The fourth-order valence-electron chi connectivity index (χ4n) is 1.47. The molecule has 1 unspecified atom stereocenters. The molecular formula is C13H19N3O5. The van der Waals surface area contributed by atoms with E-state index in [2.05, 4.69) is 5.32 Å². The van der Waals surface area contributed by atoms with Gasteiger partial charge in [-0.05, 0) is 18.5 Å². The quantitative estimate of drug-likeness (QED) is 0.538. The van der Waals surface area contributed by atoms with E-state index in [0.29, 0.717) is 18.8 Å². The number of amides is 1. The lowest BCUT2D eigenvalue weighted by Gasteiger charge is -2.11. The summed E-state index contributed by atoms with van der Waals surface area (Å²) in [6.07, 6.45) is 0. The van der Waals surface area contributed by atoms with Crippen molar-refractivity contribution in [2.45, 2.75) is 6.92 Å². The van der Waals surface area contributed by atoms with Crippen LogP contribution in [0.25, 0.3) is 0 Å². The summed E-state index contributed by atoms with van der Waals surface area (Å²) in [6.45, 7) is 2.70. The largest absolute Gasteiger partial charge is 0.490 e. The van der Waals surface area contributed by atoms with Crippen molar-refractivity contribution in [3.05, 3.63) is 28.3 Å². The van der Waals surface area contributed by atoms with Crippen LogP contribution < -0.4 is 20.5 Å². The number of nitrogens with two attached hydrogens (primary N) is 1. The number of benzene rings is 1. The second-order valence-electron chi connectivity index (χ2n) is 4.52. The number of hydrogen-bond acceptors (Lipinski definition) is 6. The van der Waals surface area contributed by atoms with Crippen LogP contribution in [-0.4, -0.2) is 37.6 Å². The lowest BCUT2D eigenvalue weighted by atomic mass is 10.2. The van der Waals surface area contributed by atoms with E-state index in [9.17, 15) is 14.9 Å². The number of ether oxygens (including phenoxy) is 2. The number of carbonyl (C=O) groups excluding carboxylic acids is 1. The number of nitrogens with one attached hydrogen (secondary N) is 1. The molecule has 1 amide bonds. The van der Waals surface area contributed by atoms with Crippen LogP contribution >= 0.6 is 0 Å². The monoisotopic (exact) mass is 297 g/mol. The van der Waals surface area contributed by atoms with Crippen molar-refractivity contribution < 1.29 is 19.2 Å². The molecule has 21 heavy (non-hydrogen) atoms.